The highest BCUT2D eigenvalue weighted by molar-refractivity contribution is 5.44. The molecule has 5 heteroatoms. The Morgan fingerprint density at radius 2 is 1.53 bits per heavy atom. The number of rotatable bonds is 6. The molecule has 6 N–H and O–H groups in total. The van der Waals surface area contributed by atoms with Gasteiger partial charge in [-0.15, -0.1) is 13.2 Å². The third kappa shape index (κ3) is 6.81. The van der Waals surface area contributed by atoms with E-state index < -0.39 is 0 Å². The number of methoxy groups -OCH3 is 1. The predicted octanol–water partition coefficient (Wildman–Crippen LogP) is 6.78. The highest BCUT2D eigenvalue weighted by Gasteiger charge is 2.65. The molecule has 0 saturated heterocycles. The smallest absolute Gasteiger partial charge is 0.116 e. The van der Waals surface area contributed by atoms with Crippen molar-refractivity contribution in [3.63, 3.8) is 0 Å². The van der Waals surface area contributed by atoms with Gasteiger partial charge in [0, 0.05) is 12.6 Å². The number of hydrogen-bond donors (Lipinski definition) is 3. The molecule has 0 aliphatic heterocycles. The van der Waals surface area contributed by atoms with E-state index in [2.05, 4.69) is 52.5 Å². The number of fused-ring (bicyclic) bond motifs is 5. The van der Waals surface area contributed by atoms with Crippen molar-refractivity contribution >= 4 is 6.29 Å². The molecule has 36 heavy (non-hydrogen) atoms. The van der Waals surface area contributed by atoms with Crippen LogP contribution >= 0.6 is 0 Å². The van der Waals surface area contributed by atoms with Gasteiger partial charge in [-0.05, 0) is 112 Å². The first kappa shape index (κ1) is 33.3. The van der Waals surface area contributed by atoms with Gasteiger partial charge in [-0.25, -0.2) is 0 Å². The maximum Gasteiger partial charge on any atom is 0.116 e. The van der Waals surface area contributed by atoms with Crippen LogP contribution in [0.4, 0.5) is 0 Å². The third-order valence-corrected chi connectivity index (χ3v) is 10.9. The van der Waals surface area contributed by atoms with Crippen molar-refractivity contribution in [2.24, 2.45) is 57.8 Å². The summed E-state index contributed by atoms with van der Waals surface area (Å²) in [5, 5.41) is 0. The zero-order valence-corrected chi connectivity index (χ0v) is 24.7. The molecule has 0 aromatic carbocycles. The fourth-order valence-electron chi connectivity index (χ4n) is 9.17. The molecule has 8 atom stereocenters. The summed E-state index contributed by atoms with van der Waals surface area (Å²) >= 11 is 0. The standard InChI is InChI=1S/C27H49NO.C2H4O.C2H4.H4N2/c1-19(2)8-6-7-9-20-10-11-23-25(20,3)16-14-24-26(4)15-13-22(29-5)18-21(26)12-17-27(23,24)28;1-2-3;2*1-2/h19-24H,6-18,28H2,1-5H3;2H,1H3;2*1-2H2. The van der Waals surface area contributed by atoms with Gasteiger partial charge in [0.05, 0.1) is 6.10 Å². The molecular weight excluding hydrogens is 446 g/mol. The van der Waals surface area contributed by atoms with Gasteiger partial charge in [-0.3, -0.25) is 11.7 Å². The van der Waals surface area contributed by atoms with Crippen molar-refractivity contribution in [2.75, 3.05) is 7.11 Å². The number of hydrogen-bond acceptors (Lipinski definition) is 5. The first-order chi connectivity index (χ1) is 17.2. The summed E-state index contributed by atoms with van der Waals surface area (Å²) in [5.41, 5.74) is 8.59. The number of hydrazine groups is 1. The van der Waals surface area contributed by atoms with Crippen LogP contribution in [0.5, 0.6) is 0 Å². The van der Waals surface area contributed by atoms with Crippen LogP contribution in [-0.4, -0.2) is 25.0 Å². The molecule has 0 heterocycles. The molecule has 4 rings (SSSR count). The second kappa shape index (κ2) is 15.0. The fraction of sp³-hybridized carbons (Fsp3) is 0.903. The maximum atomic E-state index is 8.81. The van der Waals surface area contributed by atoms with E-state index in [0.29, 0.717) is 16.9 Å². The summed E-state index contributed by atoms with van der Waals surface area (Å²) in [6.07, 6.45) is 19.1. The molecular formula is C31H61N3O2. The monoisotopic (exact) mass is 507 g/mol. The molecule has 0 amide bonds. The summed E-state index contributed by atoms with van der Waals surface area (Å²) in [4.78, 5) is 8.81. The number of nitrogens with two attached hydrogens (primary N) is 3. The minimum Gasteiger partial charge on any atom is -0.381 e. The van der Waals surface area contributed by atoms with Crippen molar-refractivity contribution in [1.29, 1.82) is 0 Å². The minimum absolute atomic E-state index is 0.102. The van der Waals surface area contributed by atoms with E-state index in [1.165, 1.54) is 90.4 Å². The molecule has 0 spiro atoms. The van der Waals surface area contributed by atoms with Crippen LogP contribution in [0.25, 0.3) is 0 Å². The van der Waals surface area contributed by atoms with Gasteiger partial charge in [0.2, 0.25) is 0 Å². The molecule has 0 radical (unpaired) electrons. The molecule has 8 unspecified atom stereocenters. The van der Waals surface area contributed by atoms with Crippen molar-refractivity contribution in [3.8, 4) is 0 Å². The fourth-order valence-corrected chi connectivity index (χ4v) is 9.17. The van der Waals surface area contributed by atoms with Crippen LogP contribution in [0, 0.1) is 40.4 Å². The van der Waals surface area contributed by atoms with Crippen LogP contribution in [0.15, 0.2) is 13.2 Å². The Bertz CT molecular complexity index is 643. The van der Waals surface area contributed by atoms with Gasteiger partial charge in [0.15, 0.2) is 0 Å². The molecule has 212 valence electrons. The Labute approximate surface area is 223 Å². The van der Waals surface area contributed by atoms with E-state index in [0.717, 1.165) is 35.9 Å². The topological polar surface area (TPSA) is 104 Å². The van der Waals surface area contributed by atoms with Gasteiger partial charge in [-0.2, -0.15) is 0 Å². The van der Waals surface area contributed by atoms with Crippen LogP contribution < -0.4 is 17.4 Å². The lowest BCUT2D eigenvalue weighted by molar-refractivity contribution is -0.142. The highest BCUT2D eigenvalue weighted by atomic mass is 16.5. The maximum absolute atomic E-state index is 8.81. The van der Waals surface area contributed by atoms with Crippen molar-refractivity contribution in [3.05, 3.63) is 13.2 Å². The SMILES string of the molecule is C=C.CC=O.COC1CCC2(C)C(CCC3(N)C4CCC(CCCCC(C)C)C4(C)CCC23)C1.NN. The van der Waals surface area contributed by atoms with E-state index >= 15 is 0 Å². The number of carbonyl (C=O) groups is 1. The van der Waals surface area contributed by atoms with E-state index in [4.69, 9.17) is 15.3 Å². The first-order valence-corrected chi connectivity index (χ1v) is 14.7. The Hall–Kier alpha value is -0.750. The van der Waals surface area contributed by atoms with Crippen molar-refractivity contribution in [1.82, 2.24) is 0 Å². The zero-order valence-electron chi connectivity index (χ0n) is 24.7. The Kier molecular flexibility index (Phi) is 13.9. The van der Waals surface area contributed by atoms with E-state index in [9.17, 15) is 0 Å². The van der Waals surface area contributed by atoms with Gasteiger partial charge in [0.1, 0.15) is 6.29 Å². The zero-order chi connectivity index (χ0) is 27.6. The van der Waals surface area contributed by atoms with Gasteiger partial charge >= 0.3 is 0 Å². The van der Waals surface area contributed by atoms with Crippen LogP contribution in [0.2, 0.25) is 0 Å². The summed E-state index contributed by atoms with van der Waals surface area (Å²) in [7, 11) is 1.91. The summed E-state index contributed by atoms with van der Waals surface area (Å²) in [5.74, 6) is 12.1. The molecule has 4 aliphatic rings. The number of unbranched alkanes of at least 4 members (excludes halogenated alkanes) is 1. The average Bonchev–Trinajstić information content (AvgIpc) is 3.21. The lowest BCUT2D eigenvalue weighted by Crippen LogP contribution is -2.68. The largest absolute Gasteiger partial charge is 0.381 e. The number of aldehydes is 1. The van der Waals surface area contributed by atoms with Crippen LogP contribution in [0.3, 0.4) is 0 Å². The first-order valence-electron chi connectivity index (χ1n) is 14.7. The lowest BCUT2D eigenvalue weighted by Gasteiger charge is -2.65. The Morgan fingerprint density at radius 1 is 0.944 bits per heavy atom. The van der Waals surface area contributed by atoms with E-state index in [-0.39, 0.29) is 5.54 Å². The second-order valence-electron chi connectivity index (χ2n) is 12.8. The molecule has 4 fully saturated rings. The second-order valence-corrected chi connectivity index (χ2v) is 12.8. The molecule has 0 aromatic rings. The van der Waals surface area contributed by atoms with Crippen LogP contribution in [-0.2, 0) is 9.53 Å². The minimum atomic E-state index is 0.102. The van der Waals surface area contributed by atoms with Crippen molar-refractivity contribution < 1.29 is 9.53 Å². The third-order valence-electron chi connectivity index (χ3n) is 10.9. The molecule has 0 aromatic heterocycles. The Morgan fingerprint density at radius 3 is 2.11 bits per heavy atom. The average molecular weight is 508 g/mol. The molecule has 0 bridgehead atoms. The summed E-state index contributed by atoms with van der Waals surface area (Å²) in [6, 6.07) is 0. The van der Waals surface area contributed by atoms with Gasteiger partial charge in [0.25, 0.3) is 0 Å². The summed E-state index contributed by atoms with van der Waals surface area (Å²) < 4.78 is 5.78. The van der Waals surface area contributed by atoms with Gasteiger partial charge < -0.3 is 15.3 Å². The van der Waals surface area contributed by atoms with E-state index in [1.807, 2.05) is 7.11 Å². The van der Waals surface area contributed by atoms with Gasteiger partial charge in [-0.1, -0.05) is 47.0 Å². The number of ether oxygens (including phenoxy) is 1. The molecule has 5 nitrogen and oxygen atoms in total. The van der Waals surface area contributed by atoms with Crippen LogP contribution in [0.1, 0.15) is 118 Å². The normalized spacial score (nSPS) is 40.6. The van der Waals surface area contributed by atoms with E-state index in [1.54, 1.807) is 0 Å². The molecule has 4 saturated carbocycles. The highest BCUT2D eigenvalue weighted by Crippen LogP contribution is 2.68. The predicted molar refractivity (Wildman–Crippen MR) is 154 cm³/mol. The molecule has 4 aliphatic carbocycles. The number of carbonyl (C=O) groups excluding carboxylic acids is 1. The van der Waals surface area contributed by atoms with Crippen molar-refractivity contribution in [2.45, 2.75) is 130 Å². The summed E-state index contributed by atoms with van der Waals surface area (Å²) in [6.45, 7) is 17.4. The quantitative estimate of drug-likeness (QED) is 0.121. The Balaban J connectivity index is 0.000000844. The lowest BCUT2D eigenvalue weighted by atomic mass is 9.42.